The van der Waals surface area contributed by atoms with Crippen molar-refractivity contribution in [2.24, 2.45) is 5.92 Å². The lowest BCUT2D eigenvalue weighted by atomic mass is 9.58. The van der Waals surface area contributed by atoms with Crippen molar-refractivity contribution >= 4 is 23.5 Å². The van der Waals surface area contributed by atoms with Crippen LogP contribution in [0, 0.1) is 5.92 Å². The third-order valence-electron chi connectivity index (χ3n) is 6.18. The number of H-pyrrole nitrogens is 1. The van der Waals surface area contributed by atoms with Crippen molar-refractivity contribution in [1.82, 2.24) is 20.3 Å². The summed E-state index contributed by atoms with van der Waals surface area (Å²) >= 11 is 6.03. The van der Waals surface area contributed by atoms with Crippen molar-refractivity contribution in [3.8, 4) is 11.4 Å². The van der Waals surface area contributed by atoms with Crippen molar-refractivity contribution in [2.45, 2.75) is 57.5 Å². The highest BCUT2D eigenvalue weighted by Crippen LogP contribution is 2.52. The van der Waals surface area contributed by atoms with Crippen molar-refractivity contribution in [2.75, 3.05) is 6.54 Å². The molecule has 1 saturated carbocycles. The fourth-order valence-corrected chi connectivity index (χ4v) is 5.03. The van der Waals surface area contributed by atoms with Gasteiger partial charge >= 0.3 is 5.97 Å². The molecule has 0 radical (unpaired) electrons. The SMILES string of the molecule is CC(C)(C)OC(=O)C1CC2(CNC(=O)c3c2[nH]c2c3CCc3cnc(Cl)nc3-2)C1. The minimum atomic E-state index is -0.500. The molecular formula is C21H23ClN4O3. The van der Waals surface area contributed by atoms with E-state index in [0.29, 0.717) is 24.9 Å². The molecule has 1 aliphatic heterocycles. The number of fused-ring (bicyclic) bond motifs is 6. The molecule has 7 nitrogen and oxygen atoms in total. The fourth-order valence-electron chi connectivity index (χ4n) is 4.89. The van der Waals surface area contributed by atoms with Gasteiger partial charge in [-0.3, -0.25) is 9.59 Å². The predicted molar refractivity (Wildman–Crippen MR) is 107 cm³/mol. The van der Waals surface area contributed by atoms with Gasteiger partial charge in [0.05, 0.1) is 22.9 Å². The maximum Gasteiger partial charge on any atom is 0.309 e. The molecule has 1 spiro atoms. The Bertz CT molecular complexity index is 1050. The summed E-state index contributed by atoms with van der Waals surface area (Å²) in [5.41, 5.74) is 4.51. The highest BCUT2D eigenvalue weighted by Gasteiger charge is 2.54. The van der Waals surface area contributed by atoms with E-state index in [-0.39, 0.29) is 28.5 Å². The Morgan fingerprint density at radius 3 is 2.79 bits per heavy atom. The molecule has 0 unspecified atom stereocenters. The summed E-state index contributed by atoms with van der Waals surface area (Å²) in [6, 6.07) is 0. The van der Waals surface area contributed by atoms with E-state index in [2.05, 4.69) is 20.3 Å². The number of aromatic nitrogens is 3. The largest absolute Gasteiger partial charge is 0.460 e. The number of aryl methyl sites for hydroxylation is 1. The van der Waals surface area contributed by atoms with Gasteiger partial charge < -0.3 is 15.0 Å². The van der Waals surface area contributed by atoms with Crippen LogP contribution in [0.25, 0.3) is 11.4 Å². The molecule has 152 valence electrons. The van der Waals surface area contributed by atoms with E-state index in [9.17, 15) is 9.59 Å². The molecule has 2 aromatic heterocycles. The Morgan fingerprint density at radius 2 is 2.07 bits per heavy atom. The van der Waals surface area contributed by atoms with E-state index in [4.69, 9.17) is 16.3 Å². The number of ether oxygens (including phenoxy) is 1. The molecule has 3 aliphatic rings. The first-order valence-corrected chi connectivity index (χ1v) is 10.3. The molecule has 0 saturated heterocycles. The van der Waals surface area contributed by atoms with Gasteiger partial charge in [-0.15, -0.1) is 0 Å². The van der Waals surface area contributed by atoms with Crippen LogP contribution in [0.5, 0.6) is 0 Å². The maximum atomic E-state index is 12.7. The molecule has 1 fully saturated rings. The van der Waals surface area contributed by atoms with E-state index in [1.807, 2.05) is 20.8 Å². The third-order valence-corrected chi connectivity index (χ3v) is 6.36. The highest BCUT2D eigenvalue weighted by molar-refractivity contribution is 6.28. The first kappa shape index (κ1) is 18.6. The fraction of sp³-hybridized carbons (Fsp3) is 0.524. The van der Waals surface area contributed by atoms with E-state index < -0.39 is 5.60 Å². The summed E-state index contributed by atoms with van der Waals surface area (Å²) in [4.78, 5) is 37.2. The van der Waals surface area contributed by atoms with Crippen molar-refractivity contribution in [1.29, 1.82) is 0 Å². The zero-order valence-electron chi connectivity index (χ0n) is 16.7. The van der Waals surface area contributed by atoms with Gasteiger partial charge in [0.15, 0.2) is 0 Å². The summed E-state index contributed by atoms with van der Waals surface area (Å²) in [5, 5.41) is 3.23. The minimum Gasteiger partial charge on any atom is -0.460 e. The van der Waals surface area contributed by atoms with Gasteiger partial charge in [-0.05, 0) is 69.2 Å². The van der Waals surface area contributed by atoms with E-state index in [1.165, 1.54) is 0 Å². The Labute approximate surface area is 173 Å². The lowest BCUT2D eigenvalue weighted by Gasteiger charge is -2.48. The molecule has 5 rings (SSSR count). The minimum absolute atomic E-state index is 0.0625. The van der Waals surface area contributed by atoms with E-state index in [0.717, 1.165) is 41.1 Å². The number of esters is 1. The Hall–Kier alpha value is -2.41. The normalized spacial score (nSPS) is 24.8. The number of carbonyl (C=O) groups is 2. The quantitative estimate of drug-likeness (QED) is 0.552. The van der Waals surface area contributed by atoms with Crippen LogP contribution in [0.3, 0.4) is 0 Å². The van der Waals surface area contributed by atoms with Gasteiger partial charge in [-0.25, -0.2) is 9.97 Å². The Balaban J connectivity index is 1.52. The Morgan fingerprint density at radius 1 is 1.31 bits per heavy atom. The lowest BCUT2D eigenvalue weighted by molar-refractivity contribution is -0.165. The number of amides is 1. The topological polar surface area (TPSA) is 97.0 Å². The van der Waals surface area contributed by atoms with Gasteiger partial charge in [0.1, 0.15) is 5.60 Å². The van der Waals surface area contributed by atoms with Crippen molar-refractivity contribution in [3.05, 3.63) is 33.9 Å². The van der Waals surface area contributed by atoms with Gasteiger partial charge in [0.25, 0.3) is 5.91 Å². The molecule has 0 bridgehead atoms. The van der Waals surface area contributed by atoms with Crippen LogP contribution < -0.4 is 5.32 Å². The number of hydrogen-bond donors (Lipinski definition) is 2. The number of nitrogens with one attached hydrogen (secondary N) is 2. The van der Waals surface area contributed by atoms with E-state index >= 15 is 0 Å². The van der Waals surface area contributed by atoms with Gasteiger partial charge in [-0.1, -0.05) is 0 Å². The predicted octanol–water partition coefficient (Wildman–Crippen LogP) is 2.96. The summed E-state index contributed by atoms with van der Waals surface area (Å²) in [6.45, 7) is 6.15. The monoisotopic (exact) mass is 414 g/mol. The Kier molecular flexibility index (Phi) is 3.88. The molecule has 8 heteroatoms. The molecule has 2 aromatic rings. The molecule has 2 N–H and O–H groups in total. The maximum absolute atomic E-state index is 12.7. The van der Waals surface area contributed by atoms with Crippen LogP contribution >= 0.6 is 11.6 Å². The summed E-state index contributed by atoms with van der Waals surface area (Å²) in [7, 11) is 0. The average molecular weight is 415 g/mol. The number of rotatable bonds is 1. The van der Waals surface area contributed by atoms with Crippen LogP contribution in [0.4, 0.5) is 0 Å². The van der Waals surface area contributed by atoms with Gasteiger partial charge in [-0.2, -0.15) is 0 Å². The van der Waals surface area contributed by atoms with Crippen LogP contribution in [-0.4, -0.2) is 39.0 Å². The summed E-state index contributed by atoms with van der Waals surface area (Å²) < 4.78 is 5.56. The second kappa shape index (κ2) is 6.05. The molecule has 0 atom stereocenters. The molecule has 0 aromatic carbocycles. The standard InChI is InChI=1S/C21H23ClN4O3/c1-20(2,3)29-18(28)11-6-21(7-11)9-24-17(27)13-12-5-4-10-8-23-19(22)26-14(10)15(12)25-16(13)21/h8,11,25H,4-7,9H2,1-3H3,(H,24,27). The lowest BCUT2D eigenvalue weighted by Crippen LogP contribution is -2.56. The second-order valence-corrected chi connectivity index (χ2v) is 9.68. The van der Waals surface area contributed by atoms with Crippen molar-refractivity contribution < 1.29 is 14.3 Å². The number of aromatic amines is 1. The van der Waals surface area contributed by atoms with Gasteiger partial charge in [0.2, 0.25) is 5.28 Å². The van der Waals surface area contributed by atoms with Crippen LogP contribution in [0.2, 0.25) is 5.28 Å². The number of hydrogen-bond acceptors (Lipinski definition) is 5. The number of nitrogens with zero attached hydrogens (tertiary/aromatic N) is 2. The molecule has 2 aliphatic carbocycles. The zero-order valence-corrected chi connectivity index (χ0v) is 17.4. The molecule has 1 amide bonds. The highest BCUT2D eigenvalue weighted by atomic mass is 35.5. The van der Waals surface area contributed by atoms with Crippen molar-refractivity contribution in [3.63, 3.8) is 0 Å². The van der Waals surface area contributed by atoms with E-state index in [1.54, 1.807) is 6.20 Å². The van der Waals surface area contributed by atoms with Crippen LogP contribution in [0.15, 0.2) is 6.20 Å². The number of halogens is 1. The smallest absolute Gasteiger partial charge is 0.309 e. The van der Waals surface area contributed by atoms with Crippen LogP contribution in [-0.2, 0) is 27.8 Å². The second-order valence-electron chi connectivity index (χ2n) is 9.34. The first-order chi connectivity index (χ1) is 13.7. The summed E-state index contributed by atoms with van der Waals surface area (Å²) in [6.07, 6.45) is 4.59. The third kappa shape index (κ3) is 2.86. The van der Waals surface area contributed by atoms with Gasteiger partial charge in [0, 0.05) is 23.9 Å². The number of carbonyl (C=O) groups excluding carboxylic acids is 2. The first-order valence-electron chi connectivity index (χ1n) is 9.95. The molecule has 3 heterocycles. The summed E-state index contributed by atoms with van der Waals surface area (Å²) in [5.74, 6) is -0.378. The zero-order chi connectivity index (χ0) is 20.6. The average Bonchev–Trinajstić information content (AvgIpc) is 3.00. The molecule has 29 heavy (non-hydrogen) atoms. The molecular weight excluding hydrogens is 392 g/mol. The van der Waals surface area contributed by atoms with Crippen LogP contribution in [0.1, 0.15) is 60.8 Å².